The molecule has 5 aromatic rings. The highest BCUT2D eigenvalue weighted by Gasteiger charge is 2.20. The molecule has 136 valence electrons. The number of rotatable bonds is 4. The first kappa shape index (κ1) is 16.4. The van der Waals surface area contributed by atoms with E-state index in [2.05, 4.69) is 20.5 Å². The van der Waals surface area contributed by atoms with E-state index in [0.717, 1.165) is 21.6 Å². The number of carbonyl (C=O) groups is 1. The highest BCUT2D eigenvalue weighted by molar-refractivity contribution is 7.13. The molecule has 5 rings (SSSR count). The van der Waals surface area contributed by atoms with Gasteiger partial charge in [-0.25, -0.2) is 19.3 Å². The van der Waals surface area contributed by atoms with Gasteiger partial charge in [0.15, 0.2) is 5.82 Å². The van der Waals surface area contributed by atoms with Crippen molar-refractivity contribution in [3.8, 4) is 16.4 Å². The van der Waals surface area contributed by atoms with Crippen LogP contribution in [0.4, 0.5) is 0 Å². The van der Waals surface area contributed by atoms with Gasteiger partial charge in [-0.15, -0.1) is 16.4 Å². The Morgan fingerprint density at radius 3 is 2.61 bits per heavy atom. The van der Waals surface area contributed by atoms with Crippen molar-refractivity contribution in [3.05, 3.63) is 84.3 Å². The van der Waals surface area contributed by atoms with Crippen molar-refractivity contribution in [1.29, 1.82) is 0 Å². The van der Waals surface area contributed by atoms with Crippen molar-refractivity contribution in [2.75, 3.05) is 5.43 Å². The number of aromatic nitrogens is 5. The summed E-state index contributed by atoms with van der Waals surface area (Å²) >= 11 is 1.55. The number of nitrogens with one attached hydrogen (secondary N) is 1. The van der Waals surface area contributed by atoms with Gasteiger partial charge in [-0.2, -0.15) is 0 Å². The second-order valence-corrected chi connectivity index (χ2v) is 6.98. The smallest absolute Gasteiger partial charge is 0.264 e. The monoisotopic (exact) mass is 386 g/mol. The third kappa shape index (κ3) is 2.85. The van der Waals surface area contributed by atoms with Crippen molar-refractivity contribution < 1.29 is 4.79 Å². The van der Waals surface area contributed by atoms with Gasteiger partial charge in [0, 0.05) is 0 Å². The van der Waals surface area contributed by atoms with E-state index in [4.69, 9.17) is 0 Å². The molecule has 0 saturated heterocycles. The summed E-state index contributed by atoms with van der Waals surface area (Å²) in [5, 5.41) is 6.43. The van der Waals surface area contributed by atoms with Gasteiger partial charge < -0.3 is 0 Å². The summed E-state index contributed by atoms with van der Waals surface area (Å²) in [6.45, 7) is 0. The number of hydrogen-bond donors (Lipinski definition) is 1. The highest BCUT2D eigenvalue weighted by Crippen LogP contribution is 2.25. The van der Waals surface area contributed by atoms with Crippen LogP contribution in [0.3, 0.4) is 0 Å². The van der Waals surface area contributed by atoms with E-state index in [-0.39, 0.29) is 5.82 Å². The normalized spacial score (nSPS) is 11.0. The topological polar surface area (TPSA) is 77.6 Å². The molecule has 1 amide bonds. The quantitative estimate of drug-likeness (QED) is 0.511. The molecule has 0 bridgehead atoms. The van der Waals surface area contributed by atoms with Gasteiger partial charge in [0.2, 0.25) is 5.82 Å². The Labute approximate surface area is 163 Å². The van der Waals surface area contributed by atoms with Crippen molar-refractivity contribution >= 4 is 28.3 Å². The summed E-state index contributed by atoms with van der Waals surface area (Å²) in [4.78, 5) is 22.5. The van der Waals surface area contributed by atoms with Crippen LogP contribution in [0.25, 0.3) is 27.4 Å². The summed E-state index contributed by atoms with van der Waals surface area (Å²) < 4.78 is 3.26. The number of para-hydroxylation sites is 3. The molecular weight excluding hydrogens is 372 g/mol. The Kier molecular flexibility index (Phi) is 3.95. The lowest BCUT2D eigenvalue weighted by atomic mass is 10.3. The van der Waals surface area contributed by atoms with E-state index >= 15 is 0 Å². The molecule has 28 heavy (non-hydrogen) atoms. The fraction of sp³-hybridized carbons (Fsp3) is 0. The average Bonchev–Trinajstić information content (AvgIpc) is 3.48. The minimum atomic E-state index is -0.407. The molecule has 7 nitrogen and oxygen atoms in total. The van der Waals surface area contributed by atoms with Gasteiger partial charge in [0.1, 0.15) is 6.33 Å². The zero-order valence-electron chi connectivity index (χ0n) is 14.6. The number of fused-ring (bicyclic) bond motifs is 1. The van der Waals surface area contributed by atoms with E-state index in [1.54, 1.807) is 27.0 Å². The Hall–Kier alpha value is -3.78. The number of benzene rings is 2. The van der Waals surface area contributed by atoms with Crippen molar-refractivity contribution in [1.82, 2.24) is 24.4 Å². The van der Waals surface area contributed by atoms with Crippen LogP contribution in [0.15, 0.2) is 78.4 Å². The SMILES string of the molecule is O=C(Nn1cnc2ccccc21)c1nc(-c2cccs2)n(-c2ccccc2)n1. The zero-order valence-corrected chi connectivity index (χ0v) is 15.4. The van der Waals surface area contributed by atoms with Crippen LogP contribution in [0.2, 0.25) is 0 Å². The van der Waals surface area contributed by atoms with Gasteiger partial charge >= 0.3 is 5.91 Å². The molecule has 3 aromatic heterocycles. The summed E-state index contributed by atoms with van der Waals surface area (Å²) in [5.41, 5.74) is 5.24. The van der Waals surface area contributed by atoms with E-state index in [1.807, 2.05) is 72.1 Å². The summed E-state index contributed by atoms with van der Waals surface area (Å²) in [5.74, 6) is 0.308. The number of carbonyl (C=O) groups excluding carboxylic acids is 1. The van der Waals surface area contributed by atoms with Crippen LogP contribution in [0, 0.1) is 0 Å². The second kappa shape index (κ2) is 6.75. The standard InChI is InChI=1S/C20H14N6OS/c27-20(24-25-13-21-15-9-4-5-10-16(15)25)18-22-19(17-11-6-12-28-17)26(23-18)14-7-2-1-3-8-14/h1-13H,(H,24,27). The van der Waals surface area contributed by atoms with Gasteiger partial charge in [-0.1, -0.05) is 36.4 Å². The average molecular weight is 386 g/mol. The van der Waals surface area contributed by atoms with Crippen LogP contribution in [0.5, 0.6) is 0 Å². The largest absolute Gasteiger partial charge is 0.309 e. The number of hydrogen-bond acceptors (Lipinski definition) is 5. The predicted octanol–water partition coefficient (Wildman–Crippen LogP) is 3.73. The van der Waals surface area contributed by atoms with Crippen molar-refractivity contribution in [2.24, 2.45) is 0 Å². The van der Waals surface area contributed by atoms with Crippen molar-refractivity contribution in [2.45, 2.75) is 0 Å². The minimum Gasteiger partial charge on any atom is -0.264 e. The Morgan fingerprint density at radius 1 is 0.964 bits per heavy atom. The molecule has 0 saturated carbocycles. The molecule has 1 N–H and O–H groups in total. The molecule has 0 aliphatic rings. The Bertz CT molecular complexity index is 1260. The van der Waals surface area contributed by atoms with Crippen LogP contribution in [-0.2, 0) is 0 Å². The van der Waals surface area contributed by atoms with Crippen LogP contribution in [0.1, 0.15) is 10.6 Å². The summed E-state index contributed by atoms with van der Waals surface area (Å²) in [6, 6.07) is 21.1. The number of nitrogens with zero attached hydrogens (tertiary/aromatic N) is 5. The molecule has 0 aliphatic heterocycles. The maximum absolute atomic E-state index is 12.8. The predicted molar refractivity (Wildman–Crippen MR) is 108 cm³/mol. The second-order valence-electron chi connectivity index (χ2n) is 6.03. The molecule has 0 aliphatic carbocycles. The molecule has 8 heteroatoms. The van der Waals surface area contributed by atoms with E-state index in [0.29, 0.717) is 5.82 Å². The molecule has 0 atom stereocenters. The molecule has 3 heterocycles. The lowest BCUT2D eigenvalue weighted by molar-refractivity contribution is 0.0998. The van der Waals surface area contributed by atoms with Gasteiger partial charge in [0.25, 0.3) is 0 Å². The Balaban J connectivity index is 1.54. The lowest BCUT2D eigenvalue weighted by Crippen LogP contribution is -2.23. The summed E-state index contributed by atoms with van der Waals surface area (Å²) in [7, 11) is 0. The van der Waals surface area contributed by atoms with Crippen molar-refractivity contribution in [3.63, 3.8) is 0 Å². The van der Waals surface area contributed by atoms with E-state index in [1.165, 1.54) is 0 Å². The van der Waals surface area contributed by atoms with Crippen LogP contribution >= 0.6 is 11.3 Å². The first-order valence-electron chi connectivity index (χ1n) is 8.59. The first-order chi connectivity index (χ1) is 13.8. The Morgan fingerprint density at radius 2 is 1.79 bits per heavy atom. The third-order valence-electron chi connectivity index (χ3n) is 4.23. The summed E-state index contributed by atoms with van der Waals surface area (Å²) in [6.07, 6.45) is 1.57. The van der Waals surface area contributed by atoms with Gasteiger partial charge in [-0.3, -0.25) is 10.2 Å². The maximum Gasteiger partial charge on any atom is 0.309 e. The maximum atomic E-state index is 12.8. The van der Waals surface area contributed by atoms with Crippen LogP contribution < -0.4 is 5.43 Å². The fourth-order valence-corrected chi connectivity index (χ4v) is 3.63. The highest BCUT2D eigenvalue weighted by atomic mass is 32.1. The number of thiophene rings is 1. The molecule has 0 spiro atoms. The van der Waals surface area contributed by atoms with Gasteiger partial charge in [0.05, 0.1) is 21.6 Å². The molecule has 0 radical (unpaired) electrons. The third-order valence-corrected chi connectivity index (χ3v) is 5.09. The zero-order chi connectivity index (χ0) is 18.9. The van der Waals surface area contributed by atoms with Gasteiger partial charge in [-0.05, 0) is 35.7 Å². The first-order valence-corrected chi connectivity index (χ1v) is 9.47. The van der Waals surface area contributed by atoms with Crippen LogP contribution in [-0.4, -0.2) is 30.3 Å². The molecule has 0 unspecified atom stereocenters. The lowest BCUT2D eigenvalue weighted by Gasteiger charge is -2.04. The minimum absolute atomic E-state index is 0.0880. The molecular formula is C20H14N6OS. The number of amides is 1. The van der Waals surface area contributed by atoms with E-state index in [9.17, 15) is 4.79 Å². The molecule has 2 aromatic carbocycles. The number of imidazole rings is 1. The molecule has 0 fully saturated rings. The fourth-order valence-electron chi connectivity index (χ4n) is 2.93. The van der Waals surface area contributed by atoms with E-state index < -0.39 is 5.91 Å².